The van der Waals surface area contributed by atoms with Crippen LogP contribution in [-0.4, -0.2) is 24.4 Å². The fourth-order valence-electron chi connectivity index (χ4n) is 2.09. The maximum absolute atomic E-state index is 11.7. The summed E-state index contributed by atoms with van der Waals surface area (Å²) < 4.78 is 0. The number of amides is 2. The highest BCUT2D eigenvalue weighted by Gasteiger charge is 2.22. The minimum atomic E-state index is -0.503. The Morgan fingerprint density at radius 2 is 2.32 bits per heavy atom. The summed E-state index contributed by atoms with van der Waals surface area (Å²) in [5.74, 6) is -0.0684. The van der Waals surface area contributed by atoms with Gasteiger partial charge in [-0.25, -0.2) is 0 Å². The first-order valence-electron chi connectivity index (χ1n) is 6.58. The van der Waals surface area contributed by atoms with Gasteiger partial charge in [-0.3, -0.25) is 9.59 Å². The Labute approximate surface area is 112 Å². The Kier molecular flexibility index (Phi) is 4.16. The van der Waals surface area contributed by atoms with Gasteiger partial charge in [-0.15, -0.1) is 0 Å². The monoisotopic (exact) mass is 261 g/mol. The molecule has 1 aromatic rings. The molecule has 1 heterocycles. The van der Waals surface area contributed by atoms with E-state index < -0.39 is 6.04 Å². The highest BCUT2D eigenvalue weighted by molar-refractivity contribution is 5.98. The van der Waals surface area contributed by atoms with E-state index in [1.165, 1.54) is 0 Å². The summed E-state index contributed by atoms with van der Waals surface area (Å²) in [6.07, 6.45) is 2.07. The number of nitrogens with two attached hydrogens (primary N) is 1. The second-order valence-corrected chi connectivity index (χ2v) is 4.70. The Balaban J connectivity index is 2.11. The van der Waals surface area contributed by atoms with E-state index in [9.17, 15) is 9.59 Å². The van der Waals surface area contributed by atoms with Crippen LogP contribution in [0.5, 0.6) is 0 Å². The van der Waals surface area contributed by atoms with Gasteiger partial charge in [0, 0.05) is 24.3 Å². The molecule has 0 saturated carbocycles. The summed E-state index contributed by atoms with van der Waals surface area (Å²) in [6, 6.07) is 6.80. The highest BCUT2D eigenvalue weighted by atomic mass is 16.2. The van der Waals surface area contributed by atoms with Crippen molar-refractivity contribution < 1.29 is 9.59 Å². The number of nitrogens with one attached hydrogen (secondary N) is 1. The molecule has 0 bridgehead atoms. The molecule has 1 saturated heterocycles. The number of benzene rings is 1. The Hall–Kier alpha value is -1.88. The predicted octanol–water partition coefficient (Wildman–Crippen LogP) is 1.49. The van der Waals surface area contributed by atoms with Crippen LogP contribution in [0.2, 0.25) is 0 Å². The molecule has 2 rings (SSSR count). The van der Waals surface area contributed by atoms with Crippen LogP contribution in [0.1, 0.15) is 26.2 Å². The lowest BCUT2D eigenvalue weighted by Crippen LogP contribution is -2.34. The van der Waals surface area contributed by atoms with E-state index in [1.54, 1.807) is 11.0 Å². The third kappa shape index (κ3) is 3.12. The summed E-state index contributed by atoms with van der Waals surface area (Å²) in [6.45, 7) is 2.61. The molecule has 1 aliphatic rings. The molecular formula is C14H19N3O2. The zero-order valence-electron chi connectivity index (χ0n) is 11.1. The molecule has 0 spiro atoms. The van der Waals surface area contributed by atoms with Crippen molar-refractivity contribution in [2.45, 2.75) is 32.2 Å². The molecule has 0 aliphatic carbocycles. The second kappa shape index (κ2) is 5.84. The Bertz CT molecular complexity index is 487. The fourth-order valence-corrected chi connectivity index (χ4v) is 2.09. The van der Waals surface area contributed by atoms with E-state index in [0.29, 0.717) is 18.5 Å². The van der Waals surface area contributed by atoms with E-state index in [4.69, 9.17) is 5.73 Å². The van der Waals surface area contributed by atoms with Gasteiger partial charge in [0.15, 0.2) is 0 Å². The smallest absolute Gasteiger partial charge is 0.241 e. The molecule has 0 aromatic heterocycles. The maximum atomic E-state index is 11.7. The van der Waals surface area contributed by atoms with Crippen molar-refractivity contribution >= 4 is 23.2 Å². The highest BCUT2D eigenvalue weighted by Crippen LogP contribution is 2.24. The van der Waals surface area contributed by atoms with E-state index in [2.05, 4.69) is 5.32 Å². The molecule has 19 heavy (non-hydrogen) atoms. The van der Waals surface area contributed by atoms with Crippen LogP contribution in [0.25, 0.3) is 0 Å². The van der Waals surface area contributed by atoms with Gasteiger partial charge in [0.2, 0.25) is 11.8 Å². The molecule has 5 heteroatoms. The molecule has 1 aromatic carbocycles. The third-order valence-electron chi connectivity index (χ3n) is 3.28. The molecule has 102 valence electrons. The van der Waals surface area contributed by atoms with Crippen LogP contribution in [0.4, 0.5) is 11.4 Å². The standard InChI is InChI=1S/C14H19N3O2/c1-2-12(15)14(19)16-10-5-3-6-11(9-10)17-8-4-7-13(17)18/h3,5-6,9,12H,2,4,7-8,15H2,1H3,(H,16,19). The van der Waals surface area contributed by atoms with E-state index in [1.807, 2.05) is 25.1 Å². The summed E-state index contributed by atoms with van der Waals surface area (Å²) in [5, 5.41) is 2.77. The van der Waals surface area contributed by atoms with Gasteiger partial charge in [0.1, 0.15) is 0 Å². The summed E-state index contributed by atoms with van der Waals surface area (Å²) in [5.41, 5.74) is 7.17. The first kappa shape index (κ1) is 13.5. The van der Waals surface area contributed by atoms with E-state index in [0.717, 1.165) is 18.7 Å². The van der Waals surface area contributed by atoms with E-state index >= 15 is 0 Å². The van der Waals surface area contributed by atoms with Crippen molar-refractivity contribution in [3.05, 3.63) is 24.3 Å². The first-order chi connectivity index (χ1) is 9.11. The van der Waals surface area contributed by atoms with Crippen LogP contribution in [-0.2, 0) is 9.59 Å². The van der Waals surface area contributed by atoms with Crippen molar-refractivity contribution in [1.29, 1.82) is 0 Å². The molecule has 1 unspecified atom stereocenters. The number of rotatable bonds is 4. The third-order valence-corrected chi connectivity index (χ3v) is 3.28. The molecular weight excluding hydrogens is 242 g/mol. The minimum Gasteiger partial charge on any atom is -0.325 e. The largest absolute Gasteiger partial charge is 0.325 e. The molecule has 1 fully saturated rings. The minimum absolute atomic E-state index is 0.133. The normalized spacial score (nSPS) is 16.5. The molecule has 2 amide bonds. The Morgan fingerprint density at radius 1 is 1.53 bits per heavy atom. The van der Waals surface area contributed by atoms with Gasteiger partial charge in [-0.05, 0) is 31.0 Å². The molecule has 3 N–H and O–H groups in total. The van der Waals surface area contributed by atoms with Crippen LogP contribution >= 0.6 is 0 Å². The lowest BCUT2D eigenvalue weighted by atomic mass is 10.2. The van der Waals surface area contributed by atoms with Gasteiger partial charge < -0.3 is 16.0 Å². The van der Waals surface area contributed by atoms with Crippen molar-refractivity contribution in [2.75, 3.05) is 16.8 Å². The lowest BCUT2D eigenvalue weighted by molar-refractivity contribution is -0.118. The molecule has 1 atom stereocenters. The topological polar surface area (TPSA) is 75.4 Å². The predicted molar refractivity (Wildman–Crippen MR) is 74.9 cm³/mol. The summed E-state index contributed by atoms with van der Waals surface area (Å²) in [4.78, 5) is 25.2. The van der Waals surface area contributed by atoms with Crippen molar-refractivity contribution in [3.63, 3.8) is 0 Å². The zero-order valence-corrected chi connectivity index (χ0v) is 11.1. The average molecular weight is 261 g/mol. The van der Waals surface area contributed by atoms with Crippen molar-refractivity contribution in [2.24, 2.45) is 5.73 Å². The molecule has 1 aliphatic heterocycles. The Morgan fingerprint density at radius 3 is 2.95 bits per heavy atom. The number of hydrogen-bond donors (Lipinski definition) is 2. The number of carbonyl (C=O) groups is 2. The maximum Gasteiger partial charge on any atom is 0.241 e. The van der Waals surface area contributed by atoms with Crippen LogP contribution < -0.4 is 16.0 Å². The first-order valence-corrected chi connectivity index (χ1v) is 6.58. The fraction of sp³-hybridized carbons (Fsp3) is 0.429. The van der Waals surface area contributed by atoms with Crippen molar-refractivity contribution in [3.8, 4) is 0 Å². The zero-order chi connectivity index (χ0) is 13.8. The van der Waals surface area contributed by atoms with Crippen LogP contribution in [0.3, 0.4) is 0 Å². The van der Waals surface area contributed by atoms with E-state index in [-0.39, 0.29) is 11.8 Å². The number of carbonyl (C=O) groups excluding carboxylic acids is 2. The number of anilines is 2. The SMILES string of the molecule is CCC(N)C(=O)Nc1cccc(N2CCCC2=O)c1. The average Bonchev–Trinajstić information content (AvgIpc) is 2.84. The summed E-state index contributed by atoms with van der Waals surface area (Å²) >= 11 is 0. The quantitative estimate of drug-likeness (QED) is 0.862. The number of nitrogens with zero attached hydrogens (tertiary/aromatic N) is 1. The van der Waals surface area contributed by atoms with Crippen LogP contribution in [0, 0.1) is 0 Å². The number of hydrogen-bond acceptors (Lipinski definition) is 3. The van der Waals surface area contributed by atoms with Gasteiger partial charge in [0.05, 0.1) is 6.04 Å². The van der Waals surface area contributed by atoms with Gasteiger partial charge in [-0.1, -0.05) is 13.0 Å². The van der Waals surface area contributed by atoms with Crippen LogP contribution in [0.15, 0.2) is 24.3 Å². The second-order valence-electron chi connectivity index (χ2n) is 4.70. The van der Waals surface area contributed by atoms with Gasteiger partial charge >= 0.3 is 0 Å². The summed E-state index contributed by atoms with van der Waals surface area (Å²) in [7, 11) is 0. The van der Waals surface area contributed by atoms with Crippen molar-refractivity contribution in [1.82, 2.24) is 0 Å². The molecule has 5 nitrogen and oxygen atoms in total. The lowest BCUT2D eigenvalue weighted by Gasteiger charge is -2.17. The molecule has 0 radical (unpaired) electrons. The van der Waals surface area contributed by atoms with Gasteiger partial charge in [-0.2, -0.15) is 0 Å². The van der Waals surface area contributed by atoms with Gasteiger partial charge in [0.25, 0.3) is 0 Å².